The Labute approximate surface area is 137 Å². The van der Waals surface area contributed by atoms with Gasteiger partial charge in [-0.25, -0.2) is 0 Å². The smallest absolute Gasteiger partial charge is 0.226 e. The zero-order chi connectivity index (χ0) is 16.6. The van der Waals surface area contributed by atoms with E-state index in [-0.39, 0.29) is 0 Å². The van der Waals surface area contributed by atoms with Gasteiger partial charge in [-0.15, -0.1) is 0 Å². The van der Waals surface area contributed by atoms with Gasteiger partial charge in [0.2, 0.25) is 5.91 Å². The van der Waals surface area contributed by atoms with E-state index in [2.05, 4.69) is 11.1 Å². The highest BCUT2D eigenvalue weighted by Crippen LogP contribution is 2.33. The molecular weight excluding hydrogens is 312 g/mol. The van der Waals surface area contributed by atoms with Gasteiger partial charge in [0.25, 0.3) is 0 Å². The molecule has 6 heteroatoms. The molecular formula is C17H12ClN4O. The Bertz CT molecular complexity index is 969. The molecule has 113 valence electrons. The van der Waals surface area contributed by atoms with Crippen LogP contribution in [0.1, 0.15) is 11.1 Å². The summed E-state index contributed by atoms with van der Waals surface area (Å²) in [5, 5.41) is 11.0. The monoisotopic (exact) mass is 323 g/mol. The van der Waals surface area contributed by atoms with Gasteiger partial charge in [-0.1, -0.05) is 11.6 Å². The molecule has 2 N–H and O–H groups in total. The number of aromatic nitrogens is 2. The molecule has 0 fully saturated rings. The number of benzene rings is 1. The lowest BCUT2D eigenvalue weighted by Crippen LogP contribution is -2.11. The number of rotatable bonds is 3. The summed E-state index contributed by atoms with van der Waals surface area (Å²) in [4.78, 5) is 15.2. The predicted molar refractivity (Wildman–Crippen MR) is 88.5 cm³/mol. The van der Waals surface area contributed by atoms with Gasteiger partial charge in [0.15, 0.2) is 0 Å². The van der Waals surface area contributed by atoms with Crippen LogP contribution >= 0.6 is 11.6 Å². The summed E-state index contributed by atoms with van der Waals surface area (Å²) < 4.78 is 1.89. The summed E-state index contributed by atoms with van der Waals surface area (Å²) in [6.07, 6.45) is 4.48. The fourth-order valence-electron chi connectivity index (χ4n) is 2.69. The zero-order valence-corrected chi connectivity index (χ0v) is 13.0. The number of hydrogen-bond donors (Lipinski definition) is 1. The molecule has 0 saturated carbocycles. The molecule has 0 unspecified atom stereocenters. The molecule has 5 nitrogen and oxygen atoms in total. The van der Waals surface area contributed by atoms with E-state index in [1.54, 1.807) is 24.5 Å². The summed E-state index contributed by atoms with van der Waals surface area (Å²) in [7, 11) is 1.86. The number of nitrogens with zero attached hydrogens (tertiary/aromatic N) is 3. The number of amides is 1. The Morgan fingerprint density at radius 3 is 2.87 bits per heavy atom. The van der Waals surface area contributed by atoms with Crippen molar-refractivity contribution in [1.29, 1.82) is 5.26 Å². The fraction of sp³-hybridized carbons (Fsp3) is 0.0588. The second-order valence-electron chi connectivity index (χ2n) is 5.11. The Morgan fingerprint density at radius 2 is 2.17 bits per heavy atom. The number of nitriles is 1. The second kappa shape index (κ2) is 5.75. The second-order valence-corrected chi connectivity index (χ2v) is 5.55. The molecule has 0 saturated heterocycles. The number of pyridine rings is 1. The number of carbonyl (C=O) groups is 1. The van der Waals surface area contributed by atoms with Crippen LogP contribution in [0.2, 0.25) is 5.02 Å². The average molecular weight is 324 g/mol. The van der Waals surface area contributed by atoms with Gasteiger partial charge < -0.3 is 10.3 Å². The first-order valence-electron chi connectivity index (χ1n) is 6.79. The maximum Gasteiger partial charge on any atom is 0.226 e. The van der Waals surface area contributed by atoms with E-state index < -0.39 is 5.91 Å². The van der Waals surface area contributed by atoms with Crippen LogP contribution in [0.5, 0.6) is 0 Å². The number of hydrogen-bond acceptors (Lipinski definition) is 3. The van der Waals surface area contributed by atoms with Gasteiger partial charge in [0, 0.05) is 35.4 Å². The Hall–Kier alpha value is -2.84. The lowest BCUT2D eigenvalue weighted by molar-refractivity contribution is -0.114. The molecule has 0 atom stereocenters. The highest BCUT2D eigenvalue weighted by atomic mass is 35.5. The maximum atomic E-state index is 11.1. The van der Waals surface area contributed by atoms with E-state index in [4.69, 9.17) is 17.3 Å². The van der Waals surface area contributed by atoms with Crippen molar-refractivity contribution in [2.75, 3.05) is 0 Å². The molecule has 3 aromatic rings. The van der Waals surface area contributed by atoms with E-state index in [0.717, 1.165) is 22.2 Å². The van der Waals surface area contributed by atoms with Gasteiger partial charge >= 0.3 is 0 Å². The third kappa shape index (κ3) is 2.65. The summed E-state index contributed by atoms with van der Waals surface area (Å²) in [5.74, 6) is -0.548. The summed E-state index contributed by atoms with van der Waals surface area (Å²) in [5.41, 5.74) is 8.61. The summed E-state index contributed by atoms with van der Waals surface area (Å²) >= 11 is 6.06. The molecule has 1 amide bonds. The van der Waals surface area contributed by atoms with Crippen LogP contribution in [0, 0.1) is 17.8 Å². The predicted octanol–water partition coefficient (Wildman–Crippen LogP) is 2.80. The van der Waals surface area contributed by atoms with E-state index in [1.807, 2.05) is 23.7 Å². The Morgan fingerprint density at radius 1 is 1.39 bits per heavy atom. The molecule has 0 aliphatic heterocycles. The standard InChI is InChI=1S/C17H12ClN4O/c1-22-15-6-12(18)2-3-13(15)14(7-19)17(22)11-4-10(5-16(20)23)8-21-9-11/h2-6,8-9H,1H3,(H2,20,23). The topological polar surface area (TPSA) is 84.7 Å². The van der Waals surface area contributed by atoms with Crippen LogP contribution in [0.15, 0.2) is 36.7 Å². The summed E-state index contributed by atoms with van der Waals surface area (Å²) in [6, 6.07) is 9.41. The first-order chi connectivity index (χ1) is 11.0. The van der Waals surface area contributed by atoms with E-state index in [1.165, 1.54) is 6.42 Å². The van der Waals surface area contributed by atoms with Crippen LogP contribution in [0.3, 0.4) is 0 Å². The lowest BCUT2D eigenvalue weighted by Gasteiger charge is -2.06. The molecule has 2 aromatic heterocycles. The van der Waals surface area contributed by atoms with Crippen molar-refractivity contribution in [3.05, 3.63) is 59.2 Å². The minimum absolute atomic E-state index is 0.539. The van der Waals surface area contributed by atoms with Crippen molar-refractivity contribution in [2.24, 2.45) is 12.8 Å². The number of carbonyl (C=O) groups excluding carboxylic acids is 1. The SMILES string of the molecule is Cn1c(-c2cncc([CH]C(N)=O)c2)c(C#N)c2ccc(Cl)cc21. The number of primary amides is 1. The van der Waals surface area contributed by atoms with Crippen molar-refractivity contribution in [1.82, 2.24) is 9.55 Å². The molecule has 2 heterocycles. The normalized spacial score (nSPS) is 10.7. The van der Waals surface area contributed by atoms with E-state index in [0.29, 0.717) is 16.1 Å². The van der Waals surface area contributed by atoms with Crippen molar-refractivity contribution in [3.63, 3.8) is 0 Å². The minimum Gasteiger partial charge on any atom is -0.369 e. The average Bonchev–Trinajstić information content (AvgIpc) is 2.79. The van der Waals surface area contributed by atoms with Crippen LogP contribution < -0.4 is 5.73 Å². The molecule has 0 aliphatic rings. The maximum absolute atomic E-state index is 11.1. The first-order valence-corrected chi connectivity index (χ1v) is 7.16. The van der Waals surface area contributed by atoms with Crippen molar-refractivity contribution < 1.29 is 4.79 Å². The van der Waals surface area contributed by atoms with E-state index in [9.17, 15) is 10.1 Å². The fourth-order valence-corrected chi connectivity index (χ4v) is 2.86. The van der Waals surface area contributed by atoms with Crippen molar-refractivity contribution in [3.8, 4) is 17.3 Å². The number of fused-ring (bicyclic) bond motifs is 1. The quantitative estimate of drug-likeness (QED) is 0.804. The van der Waals surface area contributed by atoms with Gasteiger partial charge in [-0.3, -0.25) is 9.78 Å². The van der Waals surface area contributed by atoms with Gasteiger partial charge in [-0.2, -0.15) is 5.26 Å². The number of aryl methyl sites for hydroxylation is 1. The molecule has 0 bridgehead atoms. The van der Waals surface area contributed by atoms with Gasteiger partial charge in [0.05, 0.1) is 23.2 Å². The third-order valence-corrected chi connectivity index (χ3v) is 3.85. The van der Waals surface area contributed by atoms with Crippen LogP contribution in [0.4, 0.5) is 0 Å². The number of nitrogens with two attached hydrogens (primary N) is 1. The molecule has 1 radical (unpaired) electrons. The molecule has 0 spiro atoms. The van der Waals surface area contributed by atoms with Crippen LogP contribution in [-0.4, -0.2) is 15.5 Å². The largest absolute Gasteiger partial charge is 0.369 e. The summed E-state index contributed by atoms with van der Waals surface area (Å²) in [6.45, 7) is 0. The minimum atomic E-state index is -0.548. The molecule has 3 rings (SSSR count). The van der Waals surface area contributed by atoms with Gasteiger partial charge in [0.1, 0.15) is 6.07 Å². The number of halogens is 1. The first kappa shape index (κ1) is 15.1. The third-order valence-electron chi connectivity index (χ3n) is 3.62. The van der Waals surface area contributed by atoms with Gasteiger partial charge in [-0.05, 0) is 29.8 Å². The Kier molecular flexibility index (Phi) is 3.77. The Balaban J connectivity index is 2.26. The molecule has 1 aromatic carbocycles. The van der Waals surface area contributed by atoms with Crippen LogP contribution in [0.25, 0.3) is 22.2 Å². The highest BCUT2D eigenvalue weighted by molar-refractivity contribution is 6.31. The highest BCUT2D eigenvalue weighted by Gasteiger charge is 2.17. The lowest BCUT2D eigenvalue weighted by atomic mass is 10.1. The van der Waals surface area contributed by atoms with Crippen molar-refractivity contribution >= 4 is 28.4 Å². The van der Waals surface area contributed by atoms with E-state index >= 15 is 0 Å². The molecule has 0 aliphatic carbocycles. The van der Waals surface area contributed by atoms with Crippen molar-refractivity contribution in [2.45, 2.75) is 0 Å². The molecule has 23 heavy (non-hydrogen) atoms. The zero-order valence-electron chi connectivity index (χ0n) is 12.2. The van der Waals surface area contributed by atoms with Crippen LogP contribution in [-0.2, 0) is 11.8 Å².